The number of nitrogens with zero attached hydrogens (tertiary/aromatic N) is 3. The zero-order valence-corrected chi connectivity index (χ0v) is 24.0. The number of anilines is 1. The van der Waals surface area contributed by atoms with Crippen LogP contribution in [0, 0.1) is 0 Å². The zero-order valence-electron chi connectivity index (χ0n) is 23.2. The number of amides is 1. The number of hydrogen-bond donors (Lipinski definition) is 0. The Hall–Kier alpha value is -5.20. The first-order chi connectivity index (χ1) is 21.2. The molecule has 2 heterocycles. The lowest BCUT2D eigenvalue weighted by Gasteiger charge is -2.22. The third-order valence-corrected chi connectivity index (χ3v) is 8.69. The molecule has 0 saturated carbocycles. The lowest BCUT2D eigenvalue weighted by atomic mass is 10.0. The SMILES string of the molecule is O=C1CS[C@H](/C=C\c2ccccc2)N1c1ccc(-c2ccc(-n3c(-c4ccccc4)nc4ccccc4c3=O)cc2)cc1. The molecule has 0 unspecified atom stereocenters. The van der Waals surface area contributed by atoms with Gasteiger partial charge in [-0.3, -0.25) is 19.1 Å². The highest BCUT2D eigenvalue weighted by Gasteiger charge is 2.31. The van der Waals surface area contributed by atoms with E-state index < -0.39 is 0 Å². The summed E-state index contributed by atoms with van der Waals surface area (Å²) in [6, 6.07) is 43.4. The van der Waals surface area contributed by atoms with Crippen molar-refractivity contribution in [2.24, 2.45) is 0 Å². The van der Waals surface area contributed by atoms with Crippen molar-refractivity contribution in [3.05, 3.63) is 155 Å². The monoisotopic (exact) mass is 577 g/mol. The molecular weight excluding hydrogens is 550 g/mol. The fourth-order valence-electron chi connectivity index (χ4n) is 5.40. The van der Waals surface area contributed by atoms with Gasteiger partial charge < -0.3 is 0 Å². The fraction of sp³-hybridized carbons (Fsp3) is 0.0541. The molecule has 208 valence electrons. The molecule has 43 heavy (non-hydrogen) atoms. The van der Waals surface area contributed by atoms with E-state index in [0.717, 1.165) is 33.6 Å². The Morgan fingerprint density at radius 3 is 1.95 bits per heavy atom. The normalized spacial score (nSPS) is 15.0. The van der Waals surface area contributed by atoms with Crippen LogP contribution < -0.4 is 10.5 Å². The summed E-state index contributed by atoms with van der Waals surface area (Å²) in [6.07, 6.45) is 4.16. The highest BCUT2D eigenvalue weighted by Crippen LogP contribution is 2.33. The molecular formula is C37H27N3O2S. The molecule has 0 N–H and O–H groups in total. The van der Waals surface area contributed by atoms with Crippen LogP contribution in [-0.4, -0.2) is 26.6 Å². The maximum Gasteiger partial charge on any atom is 0.266 e. The maximum absolute atomic E-state index is 13.7. The van der Waals surface area contributed by atoms with Gasteiger partial charge in [0.1, 0.15) is 11.2 Å². The Morgan fingerprint density at radius 1 is 0.651 bits per heavy atom. The van der Waals surface area contributed by atoms with Crippen LogP contribution >= 0.6 is 11.8 Å². The molecule has 1 atom stereocenters. The van der Waals surface area contributed by atoms with Gasteiger partial charge in [-0.15, -0.1) is 11.8 Å². The number of carbonyl (C=O) groups excluding carboxylic acids is 1. The van der Waals surface area contributed by atoms with Crippen LogP contribution in [0.3, 0.4) is 0 Å². The molecule has 0 bridgehead atoms. The van der Waals surface area contributed by atoms with Crippen LogP contribution in [0.15, 0.2) is 144 Å². The average Bonchev–Trinajstić information content (AvgIpc) is 3.44. The molecule has 7 rings (SSSR count). The summed E-state index contributed by atoms with van der Waals surface area (Å²) >= 11 is 1.63. The number of fused-ring (bicyclic) bond motifs is 1. The van der Waals surface area contributed by atoms with Gasteiger partial charge in [0.2, 0.25) is 5.91 Å². The van der Waals surface area contributed by atoms with Crippen LogP contribution in [0.5, 0.6) is 0 Å². The predicted octanol–water partition coefficient (Wildman–Crippen LogP) is 7.84. The molecule has 5 nitrogen and oxygen atoms in total. The van der Waals surface area contributed by atoms with E-state index in [1.807, 2.05) is 126 Å². The van der Waals surface area contributed by atoms with Gasteiger partial charge in [-0.2, -0.15) is 0 Å². The second-order valence-corrected chi connectivity index (χ2v) is 11.4. The van der Waals surface area contributed by atoms with E-state index in [2.05, 4.69) is 24.3 Å². The molecule has 0 aliphatic carbocycles. The van der Waals surface area contributed by atoms with E-state index in [1.54, 1.807) is 16.3 Å². The Labute approximate surface area is 253 Å². The average molecular weight is 578 g/mol. The highest BCUT2D eigenvalue weighted by atomic mass is 32.2. The predicted molar refractivity (Wildman–Crippen MR) is 177 cm³/mol. The Balaban J connectivity index is 1.18. The largest absolute Gasteiger partial charge is 0.296 e. The number of para-hydroxylation sites is 1. The number of aromatic nitrogens is 2. The molecule has 1 saturated heterocycles. The van der Waals surface area contributed by atoms with Crippen LogP contribution in [0.25, 0.3) is 45.2 Å². The number of thioether (sulfide) groups is 1. The molecule has 1 aromatic heterocycles. The van der Waals surface area contributed by atoms with Gasteiger partial charge >= 0.3 is 0 Å². The Bertz CT molecular complexity index is 2000. The van der Waals surface area contributed by atoms with Crippen molar-refractivity contribution >= 4 is 40.3 Å². The first kappa shape index (κ1) is 26.7. The lowest BCUT2D eigenvalue weighted by molar-refractivity contribution is -0.115. The van der Waals surface area contributed by atoms with Gasteiger partial charge in [0.25, 0.3) is 5.56 Å². The highest BCUT2D eigenvalue weighted by molar-refractivity contribution is 8.01. The van der Waals surface area contributed by atoms with Crippen molar-refractivity contribution in [1.82, 2.24) is 9.55 Å². The van der Waals surface area contributed by atoms with Gasteiger partial charge in [0.15, 0.2) is 0 Å². The van der Waals surface area contributed by atoms with E-state index in [9.17, 15) is 9.59 Å². The van der Waals surface area contributed by atoms with Crippen molar-refractivity contribution in [2.75, 3.05) is 10.7 Å². The lowest BCUT2D eigenvalue weighted by Crippen LogP contribution is -2.31. The number of rotatable bonds is 6. The minimum absolute atomic E-state index is 0.0504. The van der Waals surface area contributed by atoms with E-state index >= 15 is 0 Å². The third-order valence-electron chi connectivity index (χ3n) is 7.57. The van der Waals surface area contributed by atoms with Gasteiger partial charge in [-0.25, -0.2) is 4.98 Å². The van der Waals surface area contributed by atoms with E-state index in [1.165, 1.54) is 0 Å². The second kappa shape index (κ2) is 11.6. The van der Waals surface area contributed by atoms with Gasteiger partial charge in [0, 0.05) is 11.3 Å². The van der Waals surface area contributed by atoms with Gasteiger partial charge in [-0.1, -0.05) is 109 Å². The van der Waals surface area contributed by atoms with Gasteiger partial charge in [0.05, 0.1) is 22.3 Å². The van der Waals surface area contributed by atoms with Crippen LogP contribution in [0.2, 0.25) is 0 Å². The molecule has 5 aromatic carbocycles. The van der Waals surface area contributed by atoms with E-state index in [-0.39, 0.29) is 16.8 Å². The Kier molecular flexibility index (Phi) is 7.19. The van der Waals surface area contributed by atoms with Crippen LogP contribution in [-0.2, 0) is 4.79 Å². The quantitative estimate of drug-likeness (QED) is 0.202. The molecule has 0 radical (unpaired) electrons. The van der Waals surface area contributed by atoms with E-state index in [0.29, 0.717) is 22.5 Å². The summed E-state index contributed by atoms with van der Waals surface area (Å²) in [5.74, 6) is 1.17. The molecule has 1 fully saturated rings. The van der Waals surface area contributed by atoms with Crippen molar-refractivity contribution in [3.63, 3.8) is 0 Å². The van der Waals surface area contributed by atoms with Crippen molar-refractivity contribution in [3.8, 4) is 28.2 Å². The summed E-state index contributed by atoms with van der Waals surface area (Å²) in [7, 11) is 0. The topological polar surface area (TPSA) is 55.2 Å². The summed E-state index contributed by atoms with van der Waals surface area (Å²) in [4.78, 5) is 33.2. The molecule has 6 aromatic rings. The summed E-state index contributed by atoms with van der Waals surface area (Å²) in [6.45, 7) is 0. The molecule has 1 amide bonds. The van der Waals surface area contributed by atoms with Crippen LogP contribution in [0.4, 0.5) is 5.69 Å². The summed E-state index contributed by atoms with van der Waals surface area (Å²) in [5.41, 5.74) is 6.21. The first-order valence-corrected chi connectivity index (χ1v) is 15.2. The summed E-state index contributed by atoms with van der Waals surface area (Å²) < 4.78 is 1.68. The standard InChI is InChI=1S/C37H27N3O2S/c41-34-25-43-35(24-15-26-9-3-1-4-10-26)39(34)30-20-16-27(17-21-30)28-18-22-31(23-19-28)40-36(29-11-5-2-6-12-29)38-33-14-8-7-13-32(33)37(40)42/h1-24,35H,25H2/b24-15-/t35-/m1/s1. The van der Waals surface area contributed by atoms with Crippen molar-refractivity contribution < 1.29 is 4.79 Å². The number of hydrogen-bond acceptors (Lipinski definition) is 4. The molecule has 1 aliphatic heterocycles. The second-order valence-electron chi connectivity index (χ2n) is 10.3. The van der Waals surface area contributed by atoms with Crippen molar-refractivity contribution in [2.45, 2.75) is 5.37 Å². The van der Waals surface area contributed by atoms with Crippen molar-refractivity contribution in [1.29, 1.82) is 0 Å². The number of carbonyl (C=O) groups is 1. The fourth-order valence-corrected chi connectivity index (χ4v) is 6.43. The van der Waals surface area contributed by atoms with E-state index in [4.69, 9.17) is 4.98 Å². The summed E-state index contributed by atoms with van der Waals surface area (Å²) in [5, 5.41) is 0.527. The number of benzene rings is 5. The minimum Gasteiger partial charge on any atom is -0.296 e. The minimum atomic E-state index is -0.106. The zero-order chi connectivity index (χ0) is 29.2. The molecule has 1 aliphatic rings. The molecule has 6 heteroatoms. The third kappa shape index (κ3) is 5.29. The van der Waals surface area contributed by atoms with Crippen LogP contribution in [0.1, 0.15) is 5.56 Å². The van der Waals surface area contributed by atoms with Gasteiger partial charge in [-0.05, 0) is 53.1 Å². The smallest absolute Gasteiger partial charge is 0.266 e. The Morgan fingerprint density at radius 2 is 1.26 bits per heavy atom. The molecule has 0 spiro atoms. The maximum atomic E-state index is 13.7. The first-order valence-electron chi connectivity index (χ1n) is 14.1.